The van der Waals surface area contributed by atoms with Crippen molar-refractivity contribution in [1.82, 2.24) is 5.32 Å². The van der Waals surface area contributed by atoms with Crippen LogP contribution in [0.3, 0.4) is 0 Å². The van der Waals surface area contributed by atoms with E-state index in [-0.39, 0.29) is 0 Å². The van der Waals surface area contributed by atoms with Crippen molar-refractivity contribution >= 4 is 5.69 Å². The summed E-state index contributed by atoms with van der Waals surface area (Å²) in [7, 11) is 0. The second-order valence-corrected chi connectivity index (χ2v) is 4.85. The van der Waals surface area contributed by atoms with Crippen LogP contribution in [0.5, 0.6) is 0 Å². The minimum atomic E-state index is 0.452. The van der Waals surface area contributed by atoms with Crippen LogP contribution in [-0.2, 0) is 0 Å². The van der Waals surface area contributed by atoms with Crippen LogP contribution in [0.15, 0.2) is 30.3 Å². The lowest BCUT2D eigenvalue weighted by atomic mass is 9.78. The van der Waals surface area contributed by atoms with E-state index in [0.29, 0.717) is 5.41 Å². The average molecular weight is 218 g/mol. The van der Waals surface area contributed by atoms with Crippen molar-refractivity contribution in [3.8, 4) is 0 Å². The first-order chi connectivity index (χ1) is 7.85. The molecule has 2 nitrogen and oxygen atoms in total. The average Bonchev–Trinajstić information content (AvgIpc) is 2.39. The minimum absolute atomic E-state index is 0.452. The number of nitrogens with one attached hydrogen (secondary N) is 2. The van der Waals surface area contributed by atoms with Gasteiger partial charge in [-0.3, -0.25) is 0 Å². The Morgan fingerprint density at radius 2 is 2.12 bits per heavy atom. The van der Waals surface area contributed by atoms with E-state index >= 15 is 0 Å². The molecule has 1 unspecified atom stereocenters. The second-order valence-electron chi connectivity index (χ2n) is 4.85. The Labute approximate surface area is 98.4 Å². The summed E-state index contributed by atoms with van der Waals surface area (Å²) in [4.78, 5) is 0. The fraction of sp³-hybridized carbons (Fsp3) is 0.571. The fourth-order valence-electron chi connectivity index (χ4n) is 2.45. The van der Waals surface area contributed by atoms with Gasteiger partial charge in [0, 0.05) is 18.8 Å². The molecule has 1 aliphatic heterocycles. The van der Waals surface area contributed by atoms with Gasteiger partial charge in [-0.15, -0.1) is 0 Å². The van der Waals surface area contributed by atoms with Gasteiger partial charge in [0.25, 0.3) is 0 Å². The molecule has 0 aromatic heterocycles. The van der Waals surface area contributed by atoms with Crippen LogP contribution in [0.4, 0.5) is 5.69 Å². The zero-order valence-electron chi connectivity index (χ0n) is 10.1. The molecule has 2 rings (SSSR count). The number of piperidine rings is 1. The van der Waals surface area contributed by atoms with E-state index in [1.54, 1.807) is 0 Å². The Balaban J connectivity index is 1.92. The molecule has 0 aliphatic carbocycles. The summed E-state index contributed by atoms with van der Waals surface area (Å²) >= 11 is 0. The molecule has 88 valence electrons. The van der Waals surface area contributed by atoms with Gasteiger partial charge in [0.05, 0.1) is 0 Å². The molecule has 2 heteroatoms. The molecular formula is C14H22N2. The Morgan fingerprint density at radius 1 is 1.31 bits per heavy atom. The van der Waals surface area contributed by atoms with Crippen molar-refractivity contribution < 1.29 is 0 Å². The molecule has 0 spiro atoms. The van der Waals surface area contributed by atoms with Crippen LogP contribution in [-0.4, -0.2) is 19.6 Å². The first-order valence-corrected chi connectivity index (χ1v) is 6.34. The highest BCUT2D eigenvalue weighted by molar-refractivity contribution is 5.42. The maximum atomic E-state index is 3.57. The number of benzene rings is 1. The SMILES string of the molecule is CCC1(CNc2ccccc2)CCCNC1. The van der Waals surface area contributed by atoms with E-state index in [1.165, 1.54) is 31.5 Å². The van der Waals surface area contributed by atoms with Gasteiger partial charge in [-0.25, -0.2) is 0 Å². The van der Waals surface area contributed by atoms with Gasteiger partial charge >= 0.3 is 0 Å². The Hall–Kier alpha value is -1.02. The molecule has 1 aromatic rings. The maximum Gasteiger partial charge on any atom is 0.0340 e. The fourth-order valence-corrected chi connectivity index (χ4v) is 2.45. The topological polar surface area (TPSA) is 24.1 Å². The number of hydrogen-bond acceptors (Lipinski definition) is 2. The minimum Gasteiger partial charge on any atom is -0.384 e. The molecule has 1 atom stereocenters. The highest BCUT2D eigenvalue weighted by Crippen LogP contribution is 2.30. The summed E-state index contributed by atoms with van der Waals surface area (Å²) in [6.07, 6.45) is 3.90. The third-order valence-corrected chi connectivity index (χ3v) is 3.75. The standard InChI is InChI=1S/C14H22N2/c1-2-14(9-6-10-15-11-14)12-16-13-7-4-3-5-8-13/h3-5,7-8,15-16H,2,6,9-12H2,1H3. The lowest BCUT2D eigenvalue weighted by Crippen LogP contribution is -2.44. The van der Waals surface area contributed by atoms with Crippen LogP contribution < -0.4 is 10.6 Å². The van der Waals surface area contributed by atoms with Gasteiger partial charge in [-0.1, -0.05) is 25.1 Å². The smallest absolute Gasteiger partial charge is 0.0340 e. The summed E-state index contributed by atoms with van der Waals surface area (Å²) < 4.78 is 0. The van der Waals surface area contributed by atoms with Gasteiger partial charge in [0.2, 0.25) is 0 Å². The lowest BCUT2D eigenvalue weighted by molar-refractivity contribution is 0.217. The van der Waals surface area contributed by atoms with Gasteiger partial charge in [-0.2, -0.15) is 0 Å². The highest BCUT2D eigenvalue weighted by Gasteiger charge is 2.29. The Morgan fingerprint density at radius 3 is 2.75 bits per heavy atom. The quantitative estimate of drug-likeness (QED) is 0.812. The third-order valence-electron chi connectivity index (χ3n) is 3.75. The largest absolute Gasteiger partial charge is 0.384 e. The van der Waals surface area contributed by atoms with Crippen molar-refractivity contribution in [2.24, 2.45) is 5.41 Å². The van der Waals surface area contributed by atoms with E-state index in [4.69, 9.17) is 0 Å². The van der Waals surface area contributed by atoms with E-state index in [1.807, 2.05) is 0 Å². The predicted molar refractivity (Wildman–Crippen MR) is 69.8 cm³/mol. The zero-order valence-corrected chi connectivity index (χ0v) is 10.1. The molecule has 16 heavy (non-hydrogen) atoms. The summed E-state index contributed by atoms with van der Waals surface area (Å²) in [6, 6.07) is 10.5. The molecule has 0 bridgehead atoms. The maximum absolute atomic E-state index is 3.57. The van der Waals surface area contributed by atoms with Crippen LogP contribution in [0, 0.1) is 5.41 Å². The van der Waals surface area contributed by atoms with Crippen molar-refractivity contribution in [3.05, 3.63) is 30.3 Å². The molecule has 0 saturated carbocycles. The third kappa shape index (κ3) is 2.76. The molecule has 1 fully saturated rings. The van der Waals surface area contributed by atoms with Crippen molar-refractivity contribution in [2.75, 3.05) is 25.0 Å². The summed E-state index contributed by atoms with van der Waals surface area (Å²) in [5.74, 6) is 0. The Bertz CT molecular complexity index is 302. The van der Waals surface area contributed by atoms with Crippen LogP contribution in [0.1, 0.15) is 26.2 Å². The Kier molecular flexibility index (Phi) is 3.83. The molecule has 1 heterocycles. The summed E-state index contributed by atoms with van der Waals surface area (Å²) in [5, 5.41) is 7.09. The van der Waals surface area contributed by atoms with E-state index < -0.39 is 0 Å². The molecule has 1 aliphatic rings. The van der Waals surface area contributed by atoms with Crippen LogP contribution >= 0.6 is 0 Å². The normalized spacial score (nSPS) is 25.3. The van der Waals surface area contributed by atoms with Gasteiger partial charge in [0.15, 0.2) is 0 Å². The summed E-state index contributed by atoms with van der Waals surface area (Å²) in [6.45, 7) is 5.73. The molecule has 1 saturated heterocycles. The van der Waals surface area contributed by atoms with Gasteiger partial charge < -0.3 is 10.6 Å². The summed E-state index contributed by atoms with van der Waals surface area (Å²) in [5.41, 5.74) is 1.69. The van der Waals surface area contributed by atoms with Crippen molar-refractivity contribution in [3.63, 3.8) is 0 Å². The number of anilines is 1. The van der Waals surface area contributed by atoms with E-state index in [0.717, 1.165) is 13.1 Å². The second kappa shape index (κ2) is 5.35. The first-order valence-electron chi connectivity index (χ1n) is 6.34. The van der Waals surface area contributed by atoms with Crippen LogP contribution in [0.25, 0.3) is 0 Å². The lowest BCUT2D eigenvalue weighted by Gasteiger charge is -2.37. The van der Waals surface area contributed by atoms with Crippen molar-refractivity contribution in [1.29, 1.82) is 0 Å². The van der Waals surface area contributed by atoms with E-state index in [9.17, 15) is 0 Å². The molecular weight excluding hydrogens is 196 g/mol. The van der Waals surface area contributed by atoms with E-state index in [2.05, 4.69) is 47.9 Å². The van der Waals surface area contributed by atoms with Gasteiger partial charge in [-0.05, 0) is 43.4 Å². The first kappa shape index (κ1) is 11.5. The predicted octanol–water partition coefficient (Wildman–Crippen LogP) is 2.88. The molecule has 0 amide bonds. The molecule has 0 radical (unpaired) electrons. The number of para-hydroxylation sites is 1. The number of rotatable bonds is 4. The monoisotopic (exact) mass is 218 g/mol. The van der Waals surface area contributed by atoms with Gasteiger partial charge in [0.1, 0.15) is 0 Å². The highest BCUT2D eigenvalue weighted by atomic mass is 14.9. The number of hydrogen-bond donors (Lipinski definition) is 2. The van der Waals surface area contributed by atoms with Crippen LogP contribution in [0.2, 0.25) is 0 Å². The van der Waals surface area contributed by atoms with Crippen molar-refractivity contribution in [2.45, 2.75) is 26.2 Å². The zero-order chi connectivity index (χ0) is 11.3. The molecule has 1 aromatic carbocycles. The molecule has 2 N–H and O–H groups in total.